The third kappa shape index (κ3) is 4.66. The Morgan fingerprint density at radius 3 is 2.50 bits per heavy atom. The second-order valence-corrected chi connectivity index (χ2v) is 5.80. The van der Waals surface area contributed by atoms with E-state index < -0.39 is 0 Å². The summed E-state index contributed by atoms with van der Waals surface area (Å²) in [5.74, 6) is 1.51. The van der Waals surface area contributed by atoms with Crippen LogP contribution in [0, 0.1) is 19.8 Å². The van der Waals surface area contributed by atoms with Gasteiger partial charge < -0.3 is 4.74 Å². The number of hydrogen-bond acceptors (Lipinski definition) is 2. The maximum absolute atomic E-state index is 11.6. The number of aryl methyl sites for hydroxylation is 1. The van der Waals surface area contributed by atoms with Gasteiger partial charge in [0.15, 0.2) is 0 Å². The fraction of sp³-hybridized carbons (Fsp3) is 0.611. The molecule has 1 aromatic carbocycles. The minimum atomic E-state index is 0.155. The number of carbonyl (C=O) groups excluding carboxylic acids is 1. The van der Waals surface area contributed by atoms with E-state index in [1.807, 2.05) is 13.8 Å². The first kappa shape index (κ1) is 16.7. The SMILES string of the molecule is CCCOc1ccc(CCCC(=O)C(C)C)c(C)c1C. The number of ether oxygens (including phenoxy) is 1. The summed E-state index contributed by atoms with van der Waals surface area (Å²) in [6.07, 6.45) is 3.62. The normalized spacial score (nSPS) is 10.9. The lowest BCUT2D eigenvalue weighted by Gasteiger charge is -2.14. The molecule has 0 heterocycles. The quantitative estimate of drug-likeness (QED) is 0.691. The molecule has 0 amide bonds. The molecule has 112 valence electrons. The van der Waals surface area contributed by atoms with Crippen molar-refractivity contribution in [1.29, 1.82) is 0 Å². The Labute approximate surface area is 123 Å². The summed E-state index contributed by atoms with van der Waals surface area (Å²) >= 11 is 0. The third-order valence-electron chi connectivity index (χ3n) is 3.82. The van der Waals surface area contributed by atoms with Crippen LogP contribution < -0.4 is 4.74 Å². The summed E-state index contributed by atoms with van der Waals surface area (Å²) in [5, 5.41) is 0. The molecule has 2 nitrogen and oxygen atoms in total. The zero-order chi connectivity index (χ0) is 15.1. The summed E-state index contributed by atoms with van der Waals surface area (Å²) in [6.45, 7) is 11.1. The summed E-state index contributed by atoms with van der Waals surface area (Å²) in [6, 6.07) is 4.21. The van der Waals surface area contributed by atoms with Crippen LogP contribution in [0.3, 0.4) is 0 Å². The summed E-state index contributed by atoms with van der Waals surface area (Å²) in [7, 11) is 0. The lowest BCUT2D eigenvalue weighted by molar-refractivity contribution is -0.121. The van der Waals surface area contributed by atoms with Crippen LogP contribution in [-0.4, -0.2) is 12.4 Å². The molecular formula is C18H28O2. The van der Waals surface area contributed by atoms with Gasteiger partial charge in [0.25, 0.3) is 0 Å². The zero-order valence-corrected chi connectivity index (χ0v) is 13.6. The molecule has 0 aliphatic carbocycles. The van der Waals surface area contributed by atoms with Crippen molar-refractivity contribution in [2.75, 3.05) is 6.61 Å². The molecule has 0 N–H and O–H groups in total. The molecule has 1 rings (SSSR count). The van der Waals surface area contributed by atoms with Gasteiger partial charge >= 0.3 is 0 Å². The number of hydrogen-bond donors (Lipinski definition) is 0. The number of Topliss-reactive ketones (excluding diaryl/α,β-unsaturated/α-hetero) is 1. The average Bonchev–Trinajstić information content (AvgIpc) is 2.42. The first-order valence-electron chi connectivity index (χ1n) is 7.72. The highest BCUT2D eigenvalue weighted by Gasteiger charge is 2.10. The molecule has 0 saturated heterocycles. The van der Waals surface area contributed by atoms with E-state index in [4.69, 9.17) is 4.74 Å². The van der Waals surface area contributed by atoms with Gasteiger partial charge in [0.2, 0.25) is 0 Å². The lowest BCUT2D eigenvalue weighted by atomic mass is 9.96. The third-order valence-corrected chi connectivity index (χ3v) is 3.82. The highest BCUT2D eigenvalue weighted by molar-refractivity contribution is 5.80. The fourth-order valence-electron chi connectivity index (χ4n) is 2.23. The second-order valence-electron chi connectivity index (χ2n) is 5.80. The van der Waals surface area contributed by atoms with Gasteiger partial charge in [-0.15, -0.1) is 0 Å². The molecule has 0 radical (unpaired) electrons. The van der Waals surface area contributed by atoms with Crippen molar-refractivity contribution in [2.24, 2.45) is 5.92 Å². The van der Waals surface area contributed by atoms with E-state index in [0.717, 1.165) is 31.6 Å². The minimum absolute atomic E-state index is 0.155. The van der Waals surface area contributed by atoms with Gasteiger partial charge in [-0.1, -0.05) is 26.8 Å². The minimum Gasteiger partial charge on any atom is -0.493 e. The molecule has 0 aromatic heterocycles. The number of carbonyl (C=O) groups is 1. The van der Waals surface area contributed by atoms with Gasteiger partial charge in [-0.05, 0) is 55.9 Å². The van der Waals surface area contributed by atoms with E-state index in [2.05, 4.69) is 32.9 Å². The molecule has 0 aliphatic heterocycles. The molecule has 0 saturated carbocycles. The van der Waals surface area contributed by atoms with Crippen LogP contribution >= 0.6 is 0 Å². The smallest absolute Gasteiger partial charge is 0.135 e. The topological polar surface area (TPSA) is 26.3 Å². The van der Waals surface area contributed by atoms with Crippen LogP contribution in [-0.2, 0) is 11.2 Å². The second kappa shape index (κ2) is 8.08. The van der Waals surface area contributed by atoms with E-state index >= 15 is 0 Å². The standard InChI is InChI=1S/C18H28O2/c1-6-12-20-18-11-10-16(14(4)15(18)5)8-7-9-17(19)13(2)3/h10-11,13H,6-9,12H2,1-5H3. The summed E-state index contributed by atoms with van der Waals surface area (Å²) in [5.41, 5.74) is 3.87. The zero-order valence-electron chi connectivity index (χ0n) is 13.6. The molecule has 1 aromatic rings. The lowest BCUT2D eigenvalue weighted by Crippen LogP contribution is -2.07. The molecule has 0 bridgehead atoms. The predicted octanol–water partition coefficient (Wildman–Crippen LogP) is 4.64. The van der Waals surface area contributed by atoms with Crippen molar-refractivity contribution in [3.63, 3.8) is 0 Å². The Hall–Kier alpha value is -1.31. The van der Waals surface area contributed by atoms with Crippen molar-refractivity contribution < 1.29 is 9.53 Å². The van der Waals surface area contributed by atoms with E-state index in [1.165, 1.54) is 16.7 Å². The van der Waals surface area contributed by atoms with Crippen LogP contribution in [0.4, 0.5) is 0 Å². The van der Waals surface area contributed by atoms with Gasteiger partial charge in [0.05, 0.1) is 6.61 Å². The molecule has 0 unspecified atom stereocenters. The van der Waals surface area contributed by atoms with Crippen molar-refractivity contribution in [2.45, 2.75) is 60.3 Å². The average molecular weight is 276 g/mol. The fourth-order valence-corrected chi connectivity index (χ4v) is 2.23. The van der Waals surface area contributed by atoms with Crippen LogP contribution in [0.1, 0.15) is 56.7 Å². The first-order chi connectivity index (χ1) is 9.47. The summed E-state index contributed by atoms with van der Waals surface area (Å²) < 4.78 is 5.74. The van der Waals surface area contributed by atoms with E-state index in [1.54, 1.807) is 0 Å². The Morgan fingerprint density at radius 2 is 1.90 bits per heavy atom. The highest BCUT2D eigenvalue weighted by Crippen LogP contribution is 2.25. The maximum Gasteiger partial charge on any atom is 0.135 e. The van der Waals surface area contributed by atoms with E-state index in [9.17, 15) is 4.79 Å². The number of ketones is 1. The monoisotopic (exact) mass is 276 g/mol. The van der Waals surface area contributed by atoms with Gasteiger partial charge in [-0.25, -0.2) is 0 Å². The molecule has 2 heteroatoms. The van der Waals surface area contributed by atoms with Crippen LogP contribution in [0.5, 0.6) is 5.75 Å². The molecule has 0 fully saturated rings. The Morgan fingerprint density at radius 1 is 1.20 bits per heavy atom. The van der Waals surface area contributed by atoms with Crippen LogP contribution in [0.25, 0.3) is 0 Å². The van der Waals surface area contributed by atoms with Gasteiger partial charge in [0, 0.05) is 12.3 Å². The van der Waals surface area contributed by atoms with E-state index in [-0.39, 0.29) is 5.92 Å². The molecule has 0 atom stereocenters. The Balaban J connectivity index is 2.63. The largest absolute Gasteiger partial charge is 0.493 e. The van der Waals surface area contributed by atoms with Crippen molar-refractivity contribution >= 4 is 5.78 Å². The molecular weight excluding hydrogens is 248 g/mol. The van der Waals surface area contributed by atoms with Gasteiger partial charge in [-0.3, -0.25) is 4.79 Å². The first-order valence-corrected chi connectivity index (χ1v) is 7.72. The maximum atomic E-state index is 11.6. The van der Waals surface area contributed by atoms with Crippen LogP contribution in [0.15, 0.2) is 12.1 Å². The van der Waals surface area contributed by atoms with Crippen molar-refractivity contribution in [3.8, 4) is 5.75 Å². The number of benzene rings is 1. The predicted molar refractivity (Wildman–Crippen MR) is 84.5 cm³/mol. The Kier molecular flexibility index (Phi) is 6.77. The van der Waals surface area contributed by atoms with Crippen molar-refractivity contribution in [1.82, 2.24) is 0 Å². The molecule has 0 aliphatic rings. The Bertz CT molecular complexity index is 447. The van der Waals surface area contributed by atoms with Crippen LogP contribution in [0.2, 0.25) is 0 Å². The molecule has 0 spiro atoms. The summed E-state index contributed by atoms with van der Waals surface area (Å²) in [4.78, 5) is 11.6. The van der Waals surface area contributed by atoms with Crippen molar-refractivity contribution in [3.05, 3.63) is 28.8 Å². The van der Waals surface area contributed by atoms with Gasteiger partial charge in [0.1, 0.15) is 11.5 Å². The highest BCUT2D eigenvalue weighted by atomic mass is 16.5. The molecule has 20 heavy (non-hydrogen) atoms. The van der Waals surface area contributed by atoms with Gasteiger partial charge in [-0.2, -0.15) is 0 Å². The van der Waals surface area contributed by atoms with E-state index in [0.29, 0.717) is 12.2 Å². The number of rotatable bonds is 8.